The molecule has 2 atom stereocenters. The van der Waals surface area contributed by atoms with Crippen LogP contribution in [0.4, 0.5) is 0 Å². The van der Waals surface area contributed by atoms with Gasteiger partial charge in [-0.05, 0) is 45.8 Å². The number of rotatable bonds is 4. The average molecular weight is 267 g/mol. The first-order valence-electron chi connectivity index (χ1n) is 7.78. The van der Waals surface area contributed by atoms with E-state index in [0.29, 0.717) is 17.9 Å². The summed E-state index contributed by atoms with van der Waals surface area (Å²) in [5.41, 5.74) is 0. The molecule has 0 spiro atoms. The van der Waals surface area contributed by atoms with Gasteiger partial charge in [0.1, 0.15) is 0 Å². The Bertz CT molecular complexity index is 302. The topological polar surface area (TPSA) is 35.6 Å². The summed E-state index contributed by atoms with van der Waals surface area (Å²) in [5.74, 6) is 0.947. The first kappa shape index (κ1) is 14.8. The van der Waals surface area contributed by atoms with Gasteiger partial charge in [0.15, 0.2) is 0 Å². The molecule has 1 saturated carbocycles. The monoisotopic (exact) mass is 267 g/mol. The van der Waals surface area contributed by atoms with Crippen LogP contribution >= 0.6 is 0 Å². The molecule has 0 radical (unpaired) electrons. The summed E-state index contributed by atoms with van der Waals surface area (Å²) in [5, 5.41) is 3.17. The van der Waals surface area contributed by atoms with E-state index in [1.54, 1.807) is 0 Å². The maximum atomic E-state index is 12.9. The zero-order valence-corrected chi connectivity index (χ0v) is 12.7. The predicted octanol–water partition coefficient (Wildman–Crippen LogP) is 1.32. The summed E-state index contributed by atoms with van der Waals surface area (Å²) in [6.45, 7) is 5.16. The van der Waals surface area contributed by atoms with Gasteiger partial charge in [-0.25, -0.2) is 0 Å². The fourth-order valence-electron chi connectivity index (χ4n) is 3.65. The van der Waals surface area contributed by atoms with Crippen LogP contribution in [-0.2, 0) is 4.79 Å². The Hall–Kier alpha value is -0.610. The van der Waals surface area contributed by atoms with Gasteiger partial charge in [-0.1, -0.05) is 19.8 Å². The molecule has 0 aromatic heterocycles. The molecule has 0 aromatic rings. The Balaban J connectivity index is 2.10. The van der Waals surface area contributed by atoms with Gasteiger partial charge in [-0.2, -0.15) is 0 Å². The number of nitrogens with one attached hydrogen (secondary N) is 1. The van der Waals surface area contributed by atoms with E-state index in [0.717, 1.165) is 26.1 Å². The Morgan fingerprint density at radius 2 is 1.95 bits per heavy atom. The van der Waals surface area contributed by atoms with Crippen molar-refractivity contribution >= 4 is 5.91 Å². The van der Waals surface area contributed by atoms with Crippen molar-refractivity contribution in [2.75, 3.05) is 33.7 Å². The molecule has 2 fully saturated rings. The molecule has 19 heavy (non-hydrogen) atoms. The molecule has 1 saturated heterocycles. The van der Waals surface area contributed by atoms with Crippen molar-refractivity contribution in [3.63, 3.8) is 0 Å². The molecule has 2 unspecified atom stereocenters. The van der Waals surface area contributed by atoms with Gasteiger partial charge in [0.25, 0.3) is 0 Å². The molecule has 1 aliphatic carbocycles. The first-order valence-corrected chi connectivity index (χ1v) is 7.78. The van der Waals surface area contributed by atoms with E-state index in [1.165, 1.54) is 25.7 Å². The Kier molecular flexibility index (Phi) is 5.22. The van der Waals surface area contributed by atoms with Crippen molar-refractivity contribution < 1.29 is 4.79 Å². The molecule has 2 aliphatic rings. The van der Waals surface area contributed by atoms with Gasteiger partial charge >= 0.3 is 0 Å². The van der Waals surface area contributed by atoms with E-state index in [2.05, 4.69) is 29.1 Å². The van der Waals surface area contributed by atoms with Crippen LogP contribution in [0.3, 0.4) is 0 Å². The van der Waals surface area contributed by atoms with E-state index < -0.39 is 0 Å². The van der Waals surface area contributed by atoms with E-state index in [4.69, 9.17) is 0 Å². The minimum Gasteiger partial charge on any atom is -0.338 e. The summed E-state index contributed by atoms with van der Waals surface area (Å²) >= 11 is 0. The van der Waals surface area contributed by atoms with Gasteiger partial charge in [0.2, 0.25) is 5.91 Å². The molecule has 4 nitrogen and oxygen atoms in total. The van der Waals surface area contributed by atoms with Crippen molar-refractivity contribution in [1.29, 1.82) is 0 Å². The average Bonchev–Trinajstić information content (AvgIpc) is 2.86. The van der Waals surface area contributed by atoms with Crippen molar-refractivity contribution in [1.82, 2.24) is 15.1 Å². The van der Waals surface area contributed by atoms with Crippen molar-refractivity contribution in [2.45, 2.75) is 51.1 Å². The zero-order valence-electron chi connectivity index (χ0n) is 12.7. The third-order valence-electron chi connectivity index (χ3n) is 4.64. The van der Waals surface area contributed by atoms with Crippen molar-refractivity contribution in [2.24, 2.45) is 5.92 Å². The lowest BCUT2D eigenvalue weighted by atomic mass is 10.1. The van der Waals surface area contributed by atoms with Crippen LogP contribution < -0.4 is 5.32 Å². The molecule has 1 aliphatic heterocycles. The Labute approximate surface area is 117 Å². The number of carbonyl (C=O) groups is 1. The van der Waals surface area contributed by atoms with Gasteiger partial charge in [-0.3, -0.25) is 9.69 Å². The van der Waals surface area contributed by atoms with Gasteiger partial charge in [0, 0.05) is 19.1 Å². The van der Waals surface area contributed by atoms with Crippen molar-refractivity contribution in [3.05, 3.63) is 0 Å². The highest BCUT2D eigenvalue weighted by molar-refractivity contribution is 5.82. The van der Waals surface area contributed by atoms with Crippen LogP contribution in [0.5, 0.6) is 0 Å². The number of amides is 1. The highest BCUT2D eigenvalue weighted by atomic mass is 16.2. The van der Waals surface area contributed by atoms with Crippen LogP contribution in [0.2, 0.25) is 0 Å². The summed E-state index contributed by atoms with van der Waals surface area (Å²) in [4.78, 5) is 17.3. The Morgan fingerprint density at radius 1 is 1.26 bits per heavy atom. The summed E-state index contributed by atoms with van der Waals surface area (Å²) in [7, 11) is 4.06. The lowest BCUT2D eigenvalue weighted by Gasteiger charge is -2.32. The fourth-order valence-corrected chi connectivity index (χ4v) is 3.65. The molecule has 1 amide bonds. The molecule has 0 aromatic carbocycles. The molecular formula is C15H29N3O. The maximum absolute atomic E-state index is 12.9. The molecule has 0 bridgehead atoms. The smallest absolute Gasteiger partial charge is 0.240 e. The maximum Gasteiger partial charge on any atom is 0.240 e. The molecule has 4 heteroatoms. The standard InChI is InChI=1S/C15H29N3O/c1-12-10-17(3)14(8-9-16-2)15(19)18(11-12)13-6-4-5-7-13/h12-14,16H,4-11H2,1-3H3. The highest BCUT2D eigenvalue weighted by Gasteiger charge is 2.36. The van der Waals surface area contributed by atoms with E-state index >= 15 is 0 Å². The second-order valence-electron chi connectivity index (χ2n) is 6.38. The van der Waals surface area contributed by atoms with E-state index in [1.807, 2.05) is 7.05 Å². The second kappa shape index (κ2) is 6.71. The number of hydrogen-bond donors (Lipinski definition) is 1. The minimum absolute atomic E-state index is 0.0676. The number of carbonyl (C=O) groups excluding carboxylic acids is 1. The molecule has 1 heterocycles. The third-order valence-corrected chi connectivity index (χ3v) is 4.64. The largest absolute Gasteiger partial charge is 0.338 e. The quantitative estimate of drug-likeness (QED) is 0.834. The van der Waals surface area contributed by atoms with Crippen LogP contribution in [0.25, 0.3) is 0 Å². The summed E-state index contributed by atoms with van der Waals surface area (Å²) < 4.78 is 0. The van der Waals surface area contributed by atoms with E-state index in [9.17, 15) is 4.79 Å². The van der Waals surface area contributed by atoms with Crippen LogP contribution in [-0.4, -0.2) is 61.5 Å². The normalized spacial score (nSPS) is 30.9. The molecule has 2 rings (SSSR count). The third kappa shape index (κ3) is 3.48. The van der Waals surface area contributed by atoms with Gasteiger partial charge in [-0.15, -0.1) is 0 Å². The first-order chi connectivity index (χ1) is 9.13. The second-order valence-corrected chi connectivity index (χ2v) is 6.38. The highest BCUT2D eigenvalue weighted by Crippen LogP contribution is 2.27. The fraction of sp³-hybridized carbons (Fsp3) is 0.933. The van der Waals surface area contributed by atoms with Crippen LogP contribution in [0.1, 0.15) is 39.0 Å². The van der Waals surface area contributed by atoms with Crippen LogP contribution in [0, 0.1) is 5.92 Å². The summed E-state index contributed by atoms with van der Waals surface area (Å²) in [6.07, 6.45) is 5.92. The molecule has 1 N–H and O–H groups in total. The lowest BCUT2D eigenvalue weighted by molar-refractivity contribution is -0.137. The van der Waals surface area contributed by atoms with Gasteiger partial charge < -0.3 is 10.2 Å². The lowest BCUT2D eigenvalue weighted by Crippen LogP contribution is -2.48. The number of likely N-dealkylation sites (N-methyl/N-ethyl adjacent to an activating group) is 1. The zero-order chi connectivity index (χ0) is 13.8. The van der Waals surface area contributed by atoms with Crippen LogP contribution in [0.15, 0.2) is 0 Å². The number of nitrogens with zero attached hydrogens (tertiary/aromatic N) is 2. The molecular weight excluding hydrogens is 238 g/mol. The Morgan fingerprint density at radius 3 is 2.58 bits per heavy atom. The number of hydrogen-bond acceptors (Lipinski definition) is 3. The van der Waals surface area contributed by atoms with E-state index in [-0.39, 0.29) is 6.04 Å². The minimum atomic E-state index is 0.0676. The predicted molar refractivity (Wildman–Crippen MR) is 78.1 cm³/mol. The SMILES string of the molecule is CNCCC1C(=O)N(C2CCCC2)CC(C)CN1C. The van der Waals surface area contributed by atoms with Crippen molar-refractivity contribution in [3.8, 4) is 0 Å². The molecule has 110 valence electrons. The summed E-state index contributed by atoms with van der Waals surface area (Å²) in [6, 6.07) is 0.580. The van der Waals surface area contributed by atoms with Gasteiger partial charge in [0.05, 0.1) is 6.04 Å².